The minimum Gasteiger partial charge on any atom is -0.512 e. The van der Waals surface area contributed by atoms with Crippen molar-refractivity contribution in [3.63, 3.8) is 0 Å². The topological polar surface area (TPSA) is 37.3 Å². The number of ketones is 1. The van der Waals surface area contributed by atoms with Crippen molar-refractivity contribution in [1.82, 2.24) is 0 Å². The van der Waals surface area contributed by atoms with Crippen molar-refractivity contribution >= 4 is 5.78 Å². The van der Waals surface area contributed by atoms with Crippen LogP contribution < -0.4 is 0 Å². The summed E-state index contributed by atoms with van der Waals surface area (Å²) in [5.41, 5.74) is 0.485. The largest absolute Gasteiger partial charge is 0.512 e. The number of fused-ring (bicyclic) bond motifs is 2. The third-order valence-electron chi connectivity index (χ3n) is 3.44. The van der Waals surface area contributed by atoms with E-state index >= 15 is 0 Å². The standard InChI is InChI=1S/C12H18O2/c1-12(2,3)9-10(13)7-4-5-8(6-7)11(9)14/h7-8,13H,4-6H2,1-3H3. The van der Waals surface area contributed by atoms with E-state index in [1.54, 1.807) is 0 Å². The van der Waals surface area contributed by atoms with Crippen molar-refractivity contribution in [2.24, 2.45) is 17.3 Å². The third-order valence-corrected chi connectivity index (χ3v) is 3.44. The van der Waals surface area contributed by atoms with E-state index in [0.29, 0.717) is 11.3 Å². The fourth-order valence-electron chi connectivity index (χ4n) is 2.76. The average molecular weight is 194 g/mol. The van der Waals surface area contributed by atoms with Crippen LogP contribution in [-0.2, 0) is 4.79 Å². The fraction of sp³-hybridized carbons (Fsp3) is 0.750. The zero-order valence-corrected chi connectivity index (χ0v) is 9.13. The number of carbonyl (C=O) groups is 1. The summed E-state index contributed by atoms with van der Waals surface area (Å²) in [5.74, 6) is 1.05. The molecule has 2 nitrogen and oxygen atoms in total. The summed E-state index contributed by atoms with van der Waals surface area (Å²) in [7, 11) is 0. The van der Waals surface area contributed by atoms with Gasteiger partial charge in [0.2, 0.25) is 0 Å². The van der Waals surface area contributed by atoms with Gasteiger partial charge in [-0.1, -0.05) is 20.8 Å². The monoisotopic (exact) mass is 194 g/mol. The smallest absolute Gasteiger partial charge is 0.165 e. The van der Waals surface area contributed by atoms with Gasteiger partial charge in [0.25, 0.3) is 0 Å². The van der Waals surface area contributed by atoms with E-state index in [1.807, 2.05) is 20.8 Å². The van der Waals surface area contributed by atoms with Crippen LogP contribution in [0.25, 0.3) is 0 Å². The highest BCUT2D eigenvalue weighted by molar-refractivity contribution is 6.00. The molecule has 0 saturated heterocycles. The lowest BCUT2D eigenvalue weighted by atomic mass is 9.74. The molecule has 2 atom stereocenters. The summed E-state index contributed by atoms with van der Waals surface area (Å²) in [5, 5.41) is 10.0. The van der Waals surface area contributed by atoms with Crippen LogP contribution in [0, 0.1) is 17.3 Å². The molecule has 2 rings (SSSR count). The molecule has 1 saturated carbocycles. The molecule has 78 valence electrons. The normalized spacial score (nSPS) is 32.6. The maximum atomic E-state index is 12.0. The highest BCUT2D eigenvalue weighted by atomic mass is 16.3. The Bertz CT molecular complexity index is 307. The predicted octanol–water partition coefficient (Wildman–Crippen LogP) is 2.84. The molecule has 14 heavy (non-hydrogen) atoms. The Morgan fingerprint density at radius 2 is 1.79 bits per heavy atom. The molecule has 2 aliphatic carbocycles. The van der Waals surface area contributed by atoms with E-state index in [-0.39, 0.29) is 23.0 Å². The Hall–Kier alpha value is -0.790. The molecule has 2 aliphatic rings. The second-order valence-electron chi connectivity index (χ2n) is 5.58. The van der Waals surface area contributed by atoms with Crippen LogP contribution in [0.4, 0.5) is 0 Å². The summed E-state index contributed by atoms with van der Waals surface area (Å²) >= 11 is 0. The van der Waals surface area contributed by atoms with E-state index in [9.17, 15) is 9.90 Å². The van der Waals surface area contributed by atoms with E-state index in [2.05, 4.69) is 0 Å². The van der Waals surface area contributed by atoms with Crippen molar-refractivity contribution < 1.29 is 9.90 Å². The van der Waals surface area contributed by atoms with Gasteiger partial charge in [0.1, 0.15) is 5.76 Å². The predicted molar refractivity (Wildman–Crippen MR) is 54.9 cm³/mol. The Morgan fingerprint density at radius 3 is 2.36 bits per heavy atom. The van der Waals surface area contributed by atoms with E-state index in [4.69, 9.17) is 0 Å². The number of carbonyl (C=O) groups excluding carboxylic acids is 1. The van der Waals surface area contributed by atoms with Crippen LogP contribution in [0.3, 0.4) is 0 Å². The summed E-state index contributed by atoms with van der Waals surface area (Å²) in [6.07, 6.45) is 2.83. The average Bonchev–Trinajstić information content (AvgIpc) is 2.44. The molecule has 0 aromatic heterocycles. The Labute approximate surface area is 85.0 Å². The zero-order chi connectivity index (χ0) is 10.5. The molecule has 0 aromatic rings. The Balaban J connectivity index is 2.47. The van der Waals surface area contributed by atoms with Crippen molar-refractivity contribution in [3.8, 4) is 0 Å². The molecule has 1 fully saturated rings. The maximum Gasteiger partial charge on any atom is 0.165 e. The zero-order valence-electron chi connectivity index (χ0n) is 9.13. The number of hydrogen-bond donors (Lipinski definition) is 1. The summed E-state index contributed by atoms with van der Waals surface area (Å²) in [4.78, 5) is 12.0. The minimum absolute atomic E-state index is 0.198. The first-order valence-electron chi connectivity index (χ1n) is 5.39. The van der Waals surface area contributed by atoms with Crippen LogP contribution in [0.1, 0.15) is 40.0 Å². The van der Waals surface area contributed by atoms with Gasteiger partial charge in [-0.3, -0.25) is 4.79 Å². The summed E-state index contributed by atoms with van der Waals surface area (Å²) < 4.78 is 0. The van der Waals surface area contributed by atoms with Crippen molar-refractivity contribution in [2.45, 2.75) is 40.0 Å². The molecule has 0 aromatic carbocycles. The van der Waals surface area contributed by atoms with Crippen LogP contribution >= 0.6 is 0 Å². The van der Waals surface area contributed by atoms with Crippen LogP contribution in [0.2, 0.25) is 0 Å². The summed E-state index contributed by atoms with van der Waals surface area (Å²) in [6.45, 7) is 6.00. The number of allylic oxidation sites excluding steroid dienone is 2. The maximum absolute atomic E-state index is 12.0. The van der Waals surface area contributed by atoms with Crippen LogP contribution in [0.5, 0.6) is 0 Å². The van der Waals surface area contributed by atoms with Gasteiger partial charge in [0.15, 0.2) is 5.78 Å². The SMILES string of the molecule is CC(C)(C)C1=C(O)C2CCC(C2)C1=O. The second kappa shape index (κ2) is 2.85. The quantitative estimate of drug-likeness (QED) is 0.643. The van der Waals surface area contributed by atoms with Gasteiger partial charge in [0, 0.05) is 17.4 Å². The van der Waals surface area contributed by atoms with Crippen LogP contribution in [-0.4, -0.2) is 10.9 Å². The Morgan fingerprint density at radius 1 is 1.21 bits per heavy atom. The molecule has 1 N–H and O–H groups in total. The second-order valence-corrected chi connectivity index (χ2v) is 5.58. The fourth-order valence-corrected chi connectivity index (χ4v) is 2.76. The molecule has 2 heteroatoms. The van der Waals surface area contributed by atoms with E-state index < -0.39 is 0 Å². The highest BCUT2D eigenvalue weighted by Gasteiger charge is 2.44. The number of rotatable bonds is 0. The lowest BCUT2D eigenvalue weighted by molar-refractivity contribution is -0.120. The molecule has 0 spiro atoms. The number of aliphatic hydroxyl groups excluding tert-OH is 1. The van der Waals surface area contributed by atoms with E-state index in [1.165, 1.54) is 0 Å². The molecule has 0 heterocycles. The van der Waals surface area contributed by atoms with Gasteiger partial charge in [-0.15, -0.1) is 0 Å². The van der Waals surface area contributed by atoms with Crippen molar-refractivity contribution in [2.75, 3.05) is 0 Å². The minimum atomic E-state index is -0.206. The van der Waals surface area contributed by atoms with Gasteiger partial charge in [-0.25, -0.2) is 0 Å². The molecular weight excluding hydrogens is 176 g/mol. The molecular formula is C12H18O2. The molecule has 2 unspecified atom stereocenters. The lowest BCUT2D eigenvalue weighted by Gasteiger charge is -2.29. The first-order chi connectivity index (χ1) is 6.41. The highest BCUT2D eigenvalue weighted by Crippen LogP contribution is 2.46. The molecule has 0 radical (unpaired) electrons. The third kappa shape index (κ3) is 1.28. The molecule has 0 aliphatic heterocycles. The molecule has 2 bridgehead atoms. The van der Waals surface area contributed by atoms with Gasteiger partial charge in [0.05, 0.1) is 0 Å². The van der Waals surface area contributed by atoms with Gasteiger partial charge >= 0.3 is 0 Å². The Kier molecular flexibility index (Phi) is 1.98. The first kappa shape index (κ1) is 9.75. The number of Topliss-reactive ketones (excluding diaryl/α,β-unsaturated/α-hetero) is 1. The van der Waals surface area contributed by atoms with Gasteiger partial charge in [-0.2, -0.15) is 0 Å². The number of hydrogen-bond acceptors (Lipinski definition) is 2. The first-order valence-corrected chi connectivity index (χ1v) is 5.39. The van der Waals surface area contributed by atoms with Gasteiger partial charge in [-0.05, 0) is 24.7 Å². The molecule has 0 amide bonds. The van der Waals surface area contributed by atoms with Crippen molar-refractivity contribution in [3.05, 3.63) is 11.3 Å². The summed E-state index contributed by atoms with van der Waals surface area (Å²) in [6, 6.07) is 0. The van der Waals surface area contributed by atoms with E-state index in [0.717, 1.165) is 19.3 Å². The number of aliphatic hydroxyl groups is 1. The lowest BCUT2D eigenvalue weighted by Crippen LogP contribution is -2.29. The van der Waals surface area contributed by atoms with Crippen molar-refractivity contribution in [1.29, 1.82) is 0 Å². The van der Waals surface area contributed by atoms with Gasteiger partial charge < -0.3 is 5.11 Å². The van der Waals surface area contributed by atoms with Crippen LogP contribution in [0.15, 0.2) is 11.3 Å².